The summed E-state index contributed by atoms with van der Waals surface area (Å²) in [5, 5.41) is 2.24. The van der Waals surface area contributed by atoms with Gasteiger partial charge in [0, 0.05) is 13.1 Å². The van der Waals surface area contributed by atoms with Crippen LogP contribution in [-0.2, 0) is 19.6 Å². The lowest BCUT2D eigenvalue weighted by molar-refractivity contribution is -0.145. The summed E-state index contributed by atoms with van der Waals surface area (Å²) >= 11 is 0. The van der Waals surface area contributed by atoms with Crippen LogP contribution in [0.25, 0.3) is 16.8 Å². The summed E-state index contributed by atoms with van der Waals surface area (Å²) in [5.41, 5.74) is 3.34. The van der Waals surface area contributed by atoms with E-state index in [1.807, 2.05) is 49.4 Å². The number of ether oxygens (including phenoxy) is 1. The molecule has 0 bridgehead atoms. The van der Waals surface area contributed by atoms with Crippen molar-refractivity contribution in [2.75, 3.05) is 19.7 Å². The summed E-state index contributed by atoms with van der Waals surface area (Å²) in [6, 6.07) is 20.9. The molecule has 4 rings (SSSR count). The van der Waals surface area contributed by atoms with Gasteiger partial charge in [-0.1, -0.05) is 78.9 Å². The van der Waals surface area contributed by atoms with Crippen LogP contribution >= 0.6 is 0 Å². The Morgan fingerprint density at radius 3 is 2.46 bits per heavy atom. The monoisotopic (exact) mass is 487 g/mol. The van der Waals surface area contributed by atoms with Crippen molar-refractivity contribution in [2.24, 2.45) is 5.92 Å². The van der Waals surface area contributed by atoms with Gasteiger partial charge < -0.3 is 4.74 Å². The molecule has 0 radical (unpaired) electrons. The van der Waals surface area contributed by atoms with Crippen molar-refractivity contribution >= 4 is 32.8 Å². The highest BCUT2D eigenvalue weighted by Gasteiger charge is 2.36. The lowest BCUT2D eigenvalue weighted by Gasteiger charge is -2.18. The lowest BCUT2D eigenvalue weighted by atomic mass is 9.94. The molecule has 0 amide bonds. The van der Waals surface area contributed by atoms with Gasteiger partial charge in [0.05, 0.1) is 17.4 Å². The summed E-state index contributed by atoms with van der Waals surface area (Å²) in [6.45, 7) is 8.05. The molecule has 0 fully saturated rings. The molecule has 3 aromatic carbocycles. The SMILES string of the molecule is C=CC1=C(C(/C=C/c2ccc3ccccc3c2)C(=O)OCC)CN(S(=O)(=O)c2ccc(C)cc2)C1. The molecule has 0 aromatic heterocycles. The van der Waals surface area contributed by atoms with Crippen LogP contribution in [0.3, 0.4) is 0 Å². The first-order valence-corrected chi connectivity index (χ1v) is 13.0. The molecule has 35 heavy (non-hydrogen) atoms. The molecule has 0 N–H and O–H groups in total. The van der Waals surface area contributed by atoms with Crippen LogP contribution in [0.1, 0.15) is 18.1 Å². The summed E-state index contributed by atoms with van der Waals surface area (Å²) in [5.74, 6) is -1.12. The van der Waals surface area contributed by atoms with Crippen molar-refractivity contribution in [3.63, 3.8) is 0 Å². The van der Waals surface area contributed by atoms with Gasteiger partial charge in [-0.15, -0.1) is 0 Å². The molecule has 1 atom stereocenters. The molecule has 0 aliphatic carbocycles. The number of benzene rings is 3. The van der Waals surface area contributed by atoms with Gasteiger partial charge in [0.15, 0.2) is 0 Å². The second-order valence-electron chi connectivity index (χ2n) is 8.54. The van der Waals surface area contributed by atoms with E-state index in [1.54, 1.807) is 43.3 Å². The molecule has 180 valence electrons. The minimum absolute atomic E-state index is 0.100. The third kappa shape index (κ3) is 5.29. The smallest absolute Gasteiger partial charge is 0.317 e. The molecule has 1 heterocycles. The Kier molecular flexibility index (Phi) is 7.34. The number of hydrogen-bond acceptors (Lipinski definition) is 4. The van der Waals surface area contributed by atoms with E-state index in [2.05, 4.69) is 12.6 Å². The van der Waals surface area contributed by atoms with Gasteiger partial charge in [0.2, 0.25) is 10.0 Å². The van der Waals surface area contributed by atoms with Crippen LogP contribution in [0.5, 0.6) is 0 Å². The number of esters is 1. The van der Waals surface area contributed by atoms with Crippen molar-refractivity contribution in [3.8, 4) is 0 Å². The van der Waals surface area contributed by atoms with Gasteiger partial charge in [0.25, 0.3) is 0 Å². The standard InChI is InChI=1S/C29H29NO4S/c1-4-23-19-30(35(32,33)26-15-10-21(3)11-16-26)20-28(23)27(29(31)34-5-2)17-13-22-12-14-24-8-6-7-9-25(24)18-22/h4,6-18,27H,1,5,19-20H2,2-3H3/b17-13+. The first-order valence-electron chi connectivity index (χ1n) is 11.6. The second kappa shape index (κ2) is 10.4. The summed E-state index contributed by atoms with van der Waals surface area (Å²) in [6.07, 6.45) is 5.32. The maximum absolute atomic E-state index is 13.3. The third-order valence-corrected chi connectivity index (χ3v) is 7.99. The van der Waals surface area contributed by atoms with Gasteiger partial charge >= 0.3 is 5.97 Å². The highest BCUT2D eigenvalue weighted by molar-refractivity contribution is 7.89. The quantitative estimate of drug-likeness (QED) is 0.392. The van der Waals surface area contributed by atoms with Crippen LogP contribution in [0.4, 0.5) is 0 Å². The molecule has 5 nitrogen and oxygen atoms in total. The zero-order chi connectivity index (χ0) is 25.0. The molecule has 0 spiro atoms. The minimum atomic E-state index is -3.73. The van der Waals surface area contributed by atoms with Crippen molar-refractivity contribution in [1.82, 2.24) is 4.31 Å². The van der Waals surface area contributed by atoms with Crippen molar-refractivity contribution in [3.05, 3.63) is 108 Å². The molecule has 6 heteroatoms. The van der Waals surface area contributed by atoms with Crippen molar-refractivity contribution < 1.29 is 17.9 Å². The van der Waals surface area contributed by atoms with Crippen LogP contribution in [0.2, 0.25) is 0 Å². The second-order valence-corrected chi connectivity index (χ2v) is 10.5. The topological polar surface area (TPSA) is 63.7 Å². The predicted octanol–water partition coefficient (Wildman–Crippen LogP) is 5.53. The molecular weight excluding hydrogens is 458 g/mol. The average molecular weight is 488 g/mol. The number of carbonyl (C=O) groups excluding carboxylic acids is 1. The third-order valence-electron chi connectivity index (χ3n) is 6.18. The van der Waals surface area contributed by atoms with Crippen LogP contribution in [-0.4, -0.2) is 38.4 Å². The highest BCUT2D eigenvalue weighted by atomic mass is 32.2. The van der Waals surface area contributed by atoms with E-state index in [0.717, 1.165) is 27.5 Å². The molecular formula is C29H29NO4S. The largest absolute Gasteiger partial charge is 0.465 e. The molecule has 1 aliphatic heterocycles. The number of sulfonamides is 1. The first-order chi connectivity index (χ1) is 16.8. The van der Waals surface area contributed by atoms with Gasteiger partial charge in [0.1, 0.15) is 0 Å². The fraction of sp³-hybridized carbons (Fsp3) is 0.207. The van der Waals surface area contributed by atoms with Gasteiger partial charge in [-0.3, -0.25) is 4.79 Å². The molecule has 0 saturated carbocycles. The van der Waals surface area contributed by atoms with E-state index in [4.69, 9.17) is 4.74 Å². The number of hydrogen-bond donors (Lipinski definition) is 0. The molecule has 0 saturated heterocycles. The average Bonchev–Trinajstić information content (AvgIpc) is 3.29. The van der Waals surface area contributed by atoms with Crippen molar-refractivity contribution in [2.45, 2.75) is 18.7 Å². The zero-order valence-corrected chi connectivity index (χ0v) is 20.8. The Morgan fingerprint density at radius 2 is 1.77 bits per heavy atom. The van der Waals surface area contributed by atoms with Crippen LogP contribution in [0, 0.1) is 12.8 Å². The Bertz CT molecular complexity index is 1420. The Hall–Kier alpha value is -3.48. The predicted molar refractivity (Wildman–Crippen MR) is 140 cm³/mol. The minimum Gasteiger partial charge on any atom is -0.465 e. The maximum atomic E-state index is 13.3. The highest BCUT2D eigenvalue weighted by Crippen LogP contribution is 2.32. The Morgan fingerprint density at radius 1 is 1.06 bits per heavy atom. The number of aryl methyl sites for hydroxylation is 1. The van der Waals surface area contributed by atoms with Gasteiger partial charge in [-0.05, 0) is 59.5 Å². The Labute approximate surface area is 207 Å². The van der Waals surface area contributed by atoms with E-state index in [1.165, 1.54) is 4.31 Å². The summed E-state index contributed by atoms with van der Waals surface area (Å²) in [4.78, 5) is 13.2. The molecule has 1 unspecified atom stereocenters. The zero-order valence-electron chi connectivity index (χ0n) is 20.0. The lowest BCUT2D eigenvalue weighted by Crippen LogP contribution is -2.31. The summed E-state index contributed by atoms with van der Waals surface area (Å²) in [7, 11) is -3.73. The van der Waals surface area contributed by atoms with Crippen LogP contribution < -0.4 is 0 Å². The normalized spacial score (nSPS) is 15.6. The number of rotatable bonds is 8. The van der Waals surface area contributed by atoms with Gasteiger partial charge in [-0.2, -0.15) is 4.31 Å². The van der Waals surface area contributed by atoms with E-state index in [9.17, 15) is 13.2 Å². The molecule has 3 aromatic rings. The fourth-order valence-corrected chi connectivity index (χ4v) is 5.65. The van der Waals surface area contributed by atoms with E-state index in [-0.39, 0.29) is 24.6 Å². The number of fused-ring (bicyclic) bond motifs is 1. The number of nitrogens with zero attached hydrogens (tertiary/aromatic N) is 1. The first kappa shape index (κ1) is 24.6. The maximum Gasteiger partial charge on any atom is 0.317 e. The Balaban J connectivity index is 1.65. The van der Waals surface area contributed by atoms with Crippen molar-refractivity contribution in [1.29, 1.82) is 0 Å². The van der Waals surface area contributed by atoms with E-state index < -0.39 is 21.9 Å². The van der Waals surface area contributed by atoms with E-state index in [0.29, 0.717) is 5.57 Å². The summed E-state index contributed by atoms with van der Waals surface area (Å²) < 4.78 is 33.4. The number of carbonyl (C=O) groups is 1. The van der Waals surface area contributed by atoms with Gasteiger partial charge in [-0.25, -0.2) is 8.42 Å². The fourth-order valence-electron chi connectivity index (χ4n) is 4.25. The van der Waals surface area contributed by atoms with Crippen LogP contribution in [0.15, 0.2) is 102 Å². The molecule has 1 aliphatic rings. The van der Waals surface area contributed by atoms with E-state index >= 15 is 0 Å².